The van der Waals surface area contributed by atoms with Crippen LogP contribution in [0.25, 0.3) is 0 Å². The average Bonchev–Trinajstić information content (AvgIpc) is 3.50. The van der Waals surface area contributed by atoms with Crippen molar-refractivity contribution in [2.45, 2.75) is 50.4 Å². The van der Waals surface area contributed by atoms with Gasteiger partial charge in [-0.05, 0) is 56.4 Å². The summed E-state index contributed by atoms with van der Waals surface area (Å²) >= 11 is 5.81. The molecule has 1 heterocycles. The van der Waals surface area contributed by atoms with Gasteiger partial charge >= 0.3 is 6.03 Å². The van der Waals surface area contributed by atoms with E-state index in [-0.39, 0.29) is 36.6 Å². The fourth-order valence-electron chi connectivity index (χ4n) is 3.21. The van der Waals surface area contributed by atoms with Gasteiger partial charge in [0.2, 0.25) is 5.91 Å². The predicted octanol–water partition coefficient (Wildman–Crippen LogP) is 2.29. The Morgan fingerprint density at radius 2 is 1.89 bits per heavy atom. The first-order valence-corrected chi connectivity index (χ1v) is 9.80. The monoisotopic (exact) mass is 395 g/mol. The number of aliphatic hydroxyl groups excluding tert-OH is 1. The number of ether oxygens (including phenoxy) is 1. The molecule has 1 aromatic carbocycles. The van der Waals surface area contributed by atoms with Gasteiger partial charge in [0.1, 0.15) is 6.10 Å². The van der Waals surface area contributed by atoms with Gasteiger partial charge in [0.15, 0.2) is 0 Å². The van der Waals surface area contributed by atoms with E-state index < -0.39 is 6.10 Å². The van der Waals surface area contributed by atoms with Crippen LogP contribution in [0, 0.1) is 5.92 Å². The van der Waals surface area contributed by atoms with Crippen LogP contribution in [0.3, 0.4) is 0 Å². The molecule has 0 unspecified atom stereocenters. The molecule has 0 radical (unpaired) electrons. The molecule has 1 aliphatic carbocycles. The third-order valence-corrected chi connectivity index (χ3v) is 5.18. The lowest BCUT2D eigenvalue weighted by Crippen LogP contribution is -2.51. The fourth-order valence-corrected chi connectivity index (χ4v) is 3.34. The van der Waals surface area contributed by atoms with E-state index >= 15 is 0 Å². The van der Waals surface area contributed by atoms with Crippen molar-refractivity contribution in [2.24, 2.45) is 5.92 Å². The summed E-state index contributed by atoms with van der Waals surface area (Å²) in [4.78, 5) is 23.8. The number of urea groups is 1. The Morgan fingerprint density at radius 3 is 2.56 bits per heavy atom. The van der Waals surface area contributed by atoms with E-state index in [1.807, 2.05) is 0 Å². The molecular weight excluding hydrogens is 370 g/mol. The van der Waals surface area contributed by atoms with Crippen LogP contribution in [0.15, 0.2) is 24.3 Å². The standard InChI is InChI=1S/C19H26ClN3O4/c20-13-3-5-14(6-4-13)22-19(26)21-10-9-15-7-8-16(17(11-24)27-15)23-18(25)12-1-2-12/h3-6,12,15-17,24H,1-2,7-11H2,(H,23,25)(H2,21,22,26)/t15-,16-,17-/m1/s1. The summed E-state index contributed by atoms with van der Waals surface area (Å²) in [7, 11) is 0. The zero-order valence-corrected chi connectivity index (χ0v) is 15.9. The molecule has 3 amide bonds. The van der Waals surface area contributed by atoms with Crippen molar-refractivity contribution in [3.63, 3.8) is 0 Å². The van der Waals surface area contributed by atoms with Gasteiger partial charge in [0.05, 0.1) is 18.8 Å². The quantitative estimate of drug-likeness (QED) is 0.569. The minimum Gasteiger partial charge on any atom is -0.394 e. The molecule has 7 nitrogen and oxygen atoms in total. The summed E-state index contributed by atoms with van der Waals surface area (Å²) in [6.45, 7) is 0.331. The van der Waals surface area contributed by atoms with Crippen LogP contribution >= 0.6 is 11.6 Å². The second-order valence-corrected chi connectivity index (χ2v) is 7.56. The van der Waals surface area contributed by atoms with Gasteiger partial charge in [-0.2, -0.15) is 0 Å². The van der Waals surface area contributed by atoms with Crippen molar-refractivity contribution in [1.82, 2.24) is 10.6 Å². The van der Waals surface area contributed by atoms with Gasteiger partial charge in [-0.3, -0.25) is 4.79 Å². The Kier molecular flexibility index (Phi) is 6.93. The van der Waals surface area contributed by atoms with Crippen LogP contribution in [-0.2, 0) is 9.53 Å². The molecular formula is C19H26ClN3O4. The van der Waals surface area contributed by atoms with Crippen LogP contribution < -0.4 is 16.0 Å². The van der Waals surface area contributed by atoms with Gasteiger partial charge in [-0.1, -0.05) is 11.6 Å². The highest BCUT2D eigenvalue weighted by Gasteiger charge is 2.36. The molecule has 0 aromatic heterocycles. The second kappa shape index (κ2) is 9.39. The number of anilines is 1. The highest BCUT2D eigenvalue weighted by atomic mass is 35.5. The smallest absolute Gasteiger partial charge is 0.319 e. The van der Waals surface area contributed by atoms with Crippen LogP contribution in [0.5, 0.6) is 0 Å². The molecule has 4 N–H and O–H groups in total. The number of carbonyl (C=O) groups excluding carboxylic acids is 2. The molecule has 0 spiro atoms. The normalized spacial score (nSPS) is 24.9. The molecule has 148 valence electrons. The maximum absolute atomic E-state index is 11.9. The van der Waals surface area contributed by atoms with Crippen molar-refractivity contribution >= 4 is 29.2 Å². The lowest BCUT2D eigenvalue weighted by molar-refractivity contribution is -0.129. The molecule has 3 rings (SSSR count). The van der Waals surface area contributed by atoms with E-state index in [4.69, 9.17) is 16.3 Å². The first-order valence-electron chi connectivity index (χ1n) is 9.42. The van der Waals surface area contributed by atoms with Crippen LogP contribution in [0.4, 0.5) is 10.5 Å². The minimum atomic E-state index is -0.394. The number of hydrogen-bond donors (Lipinski definition) is 4. The zero-order chi connectivity index (χ0) is 19.2. The minimum absolute atomic E-state index is 0.0490. The van der Waals surface area contributed by atoms with Gasteiger partial charge in [-0.25, -0.2) is 4.79 Å². The number of rotatable bonds is 7. The number of carbonyl (C=O) groups is 2. The highest BCUT2D eigenvalue weighted by molar-refractivity contribution is 6.30. The van der Waals surface area contributed by atoms with Gasteiger partial charge in [-0.15, -0.1) is 0 Å². The van der Waals surface area contributed by atoms with Crippen LogP contribution in [-0.4, -0.2) is 48.4 Å². The van der Waals surface area contributed by atoms with Gasteiger partial charge in [0.25, 0.3) is 0 Å². The Balaban J connectivity index is 1.36. The number of benzene rings is 1. The summed E-state index contributed by atoms with van der Waals surface area (Å²) in [5, 5.41) is 18.7. The Morgan fingerprint density at radius 1 is 1.15 bits per heavy atom. The third-order valence-electron chi connectivity index (χ3n) is 4.93. The first-order chi connectivity index (χ1) is 13.0. The molecule has 1 aliphatic heterocycles. The van der Waals surface area contributed by atoms with E-state index in [1.165, 1.54) is 0 Å². The van der Waals surface area contributed by atoms with Crippen LogP contribution in [0.1, 0.15) is 32.1 Å². The third kappa shape index (κ3) is 6.09. The maximum atomic E-state index is 11.9. The zero-order valence-electron chi connectivity index (χ0n) is 15.1. The molecule has 8 heteroatoms. The average molecular weight is 396 g/mol. The second-order valence-electron chi connectivity index (χ2n) is 7.12. The highest BCUT2D eigenvalue weighted by Crippen LogP contribution is 2.30. The number of halogens is 1. The molecule has 1 aromatic rings. The molecule has 3 atom stereocenters. The lowest BCUT2D eigenvalue weighted by Gasteiger charge is -2.36. The Hall–Kier alpha value is -1.83. The predicted molar refractivity (Wildman–Crippen MR) is 103 cm³/mol. The van der Waals surface area contributed by atoms with Crippen molar-refractivity contribution in [2.75, 3.05) is 18.5 Å². The maximum Gasteiger partial charge on any atom is 0.319 e. The summed E-state index contributed by atoms with van der Waals surface area (Å²) in [6, 6.07) is 6.45. The largest absolute Gasteiger partial charge is 0.394 e. The Labute approximate surface area is 163 Å². The van der Waals surface area contributed by atoms with Crippen molar-refractivity contribution in [3.8, 4) is 0 Å². The van der Waals surface area contributed by atoms with Crippen molar-refractivity contribution < 1.29 is 19.4 Å². The summed E-state index contributed by atoms with van der Waals surface area (Å²) in [5.41, 5.74) is 0.667. The number of hydrogen-bond acceptors (Lipinski definition) is 4. The van der Waals surface area contributed by atoms with E-state index in [2.05, 4.69) is 16.0 Å². The summed E-state index contributed by atoms with van der Waals surface area (Å²) in [6.07, 6.45) is 3.66. The molecule has 27 heavy (non-hydrogen) atoms. The Bertz CT molecular complexity index is 651. The van der Waals surface area contributed by atoms with Gasteiger partial charge < -0.3 is 25.8 Å². The molecule has 2 fully saturated rings. The number of nitrogens with one attached hydrogen (secondary N) is 3. The molecule has 1 saturated carbocycles. The molecule has 0 bridgehead atoms. The lowest BCUT2D eigenvalue weighted by atomic mass is 9.97. The van der Waals surface area contributed by atoms with E-state index in [0.717, 1.165) is 25.7 Å². The number of aliphatic hydroxyl groups is 1. The summed E-state index contributed by atoms with van der Waals surface area (Å²) in [5.74, 6) is 0.214. The van der Waals surface area contributed by atoms with Crippen LogP contribution in [0.2, 0.25) is 5.02 Å². The molecule has 1 saturated heterocycles. The number of amides is 3. The van der Waals surface area contributed by atoms with E-state index in [0.29, 0.717) is 23.7 Å². The van der Waals surface area contributed by atoms with E-state index in [9.17, 15) is 14.7 Å². The SMILES string of the molecule is O=C(NCC[C@H]1CC[C@@H](NC(=O)C2CC2)[C@@H](CO)O1)Nc1ccc(Cl)cc1. The first kappa shape index (κ1) is 19.9. The summed E-state index contributed by atoms with van der Waals surface area (Å²) < 4.78 is 5.91. The van der Waals surface area contributed by atoms with E-state index in [1.54, 1.807) is 24.3 Å². The van der Waals surface area contributed by atoms with Crippen molar-refractivity contribution in [3.05, 3.63) is 29.3 Å². The fraction of sp³-hybridized carbons (Fsp3) is 0.579. The van der Waals surface area contributed by atoms with Crippen molar-refractivity contribution in [1.29, 1.82) is 0 Å². The molecule has 2 aliphatic rings. The van der Waals surface area contributed by atoms with Gasteiger partial charge in [0, 0.05) is 23.2 Å². The topological polar surface area (TPSA) is 99.7 Å².